The van der Waals surface area contributed by atoms with E-state index in [1.165, 1.54) is 31.4 Å². The van der Waals surface area contributed by atoms with E-state index in [0.29, 0.717) is 11.1 Å². The van der Waals surface area contributed by atoms with Gasteiger partial charge in [-0.2, -0.15) is 0 Å². The molecule has 0 aliphatic rings. The van der Waals surface area contributed by atoms with Gasteiger partial charge in [-0.25, -0.2) is 9.59 Å². The lowest BCUT2D eigenvalue weighted by molar-refractivity contribution is -0.384. The second-order valence-electron chi connectivity index (χ2n) is 9.41. The Kier molecular flexibility index (Phi) is 8.79. The fraction of sp³-hybridized carbons (Fsp3) is 0.346. The van der Waals surface area contributed by atoms with Gasteiger partial charge in [0.25, 0.3) is 11.6 Å². The highest BCUT2D eigenvalue weighted by Crippen LogP contribution is 2.16. The lowest BCUT2D eigenvalue weighted by atomic mass is 9.94. The van der Waals surface area contributed by atoms with E-state index in [4.69, 9.17) is 9.47 Å². The summed E-state index contributed by atoms with van der Waals surface area (Å²) in [5.41, 5.74) is -0.526. The van der Waals surface area contributed by atoms with E-state index in [1.54, 1.807) is 58.9 Å². The Balaban J connectivity index is 2.13. The molecule has 0 aliphatic heterocycles. The molecule has 0 saturated carbocycles. The van der Waals surface area contributed by atoms with E-state index in [2.05, 4.69) is 22.5 Å². The van der Waals surface area contributed by atoms with E-state index in [0.717, 1.165) is 0 Å². The van der Waals surface area contributed by atoms with E-state index in [1.807, 2.05) is 0 Å². The van der Waals surface area contributed by atoms with Gasteiger partial charge in [-0.3, -0.25) is 14.9 Å². The highest BCUT2D eigenvalue weighted by atomic mass is 16.6. The van der Waals surface area contributed by atoms with Crippen molar-refractivity contribution in [2.75, 3.05) is 7.11 Å². The number of nitrogens with zero attached hydrogens (tertiary/aromatic N) is 1. The number of nitrogens with one attached hydrogen (secondary N) is 2. The second kappa shape index (κ2) is 11.4. The summed E-state index contributed by atoms with van der Waals surface area (Å²) < 4.78 is 10.1. The predicted molar refractivity (Wildman–Crippen MR) is 132 cm³/mol. The van der Waals surface area contributed by atoms with Gasteiger partial charge in [0.05, 0.1) is 17.6 Å². The summed E-state index contributed by atoms with van der Waals surface area (Å²) in [4.78, 5) is 47.8. The summed E-state index contributed by atoms with van der Waals surface area (Å²) in [5, 5.41) is 16.0. The van der Waals surface area contributed by atoms with Crippen molar-refractivity contribution in [3.05, 3.63) is 75.3 Å². The number of benzene rings is 2. The topological polar surface area (TPSA) is 137 Å². The molecule has 0 spiro atoms. The summed E-state index contributed by atoms with van der Waals surface area (Å²) in [7, 11) is 1.18. The van der Waals surface area contributed by atoms with Crippen LogP contribution in [0.4, 0.5) is 10.5 Å². The first-order chi connectivity index (χ1) is 16.7. The first-order valence-electron chi connectivity index (χ1n) is 11.0. The molecule has 2 amide bonds. The molecular weight excluding hydrogens is 466 g/mol. The number of carbonyl (C=O) groups excluding carboxylic acids is 3. The number of alkyl carbamates (subject to hydrolysis) is 1. The Labute approximate surface area is 209 Å². The molecule has 0 aromatic heterocycles. The molecule has 1 unspecified atom stereocenters. The van der Waals surface area contributed by atoms with Crippen LogP contribution in [-0.4, -0.2) is 47.2 Å². The minimum Gasteiger partial charge on any atom is -0.467 e. The van der Waals surface area contributed by atoms with Crippen LogP contribution in [-0.2, 0) is 14.3 Å². The average Bonchev–Trinajstić information content (AvgIpc) is 2.79. The molecule has 1 atom stereocenters. The summed E-state index contributed by atoms with van der Waals surface area (Å²) in [6, 6.07) is 11.0. The van der Waals surface area contributed by atoms with Crippen molar-refractivity contribution in [3.63, 3.8) is 0 Å². The van der Waals surface area contributed by atoms with Crippen molar-refractivity contribution in [1.29, 1.82) is 0 Å². The third kappa shape index (κ3) is 8.13. The van der Waals surface area contributed by atoms with Crippen molar-refractivity contribution >= 4 is 23.7 Å². The van der Waals surface area contributed by atoms with Gasteiger partial charge < -0.3 is 20.1 Å². The summed E-state index contributed by atoms with van der Waals surface area (Å²) in [6.45, 7) is 8.25. The SMILES string of the molecule is COC(=O)C(NC(=O)c1ccc(C#Cc2ccc([N+](=O)[O-])cc2)cc1)C(C)(C)NC(=O)OC(C)(C)C. The zero-order valence-electron chi connectivity index (χ0n) is 21.0. The molecule has 0 heterocycles. The van der Waals surface area contributed by atoms with Crippen LogP contribution in [0.25, 0.3) is 0 Å². The summed E-state index contributed by atoms with van der Waals surface area (Å²) >= 11 is 0. The number of nitro benzene ring substituents is 1. The van der Waals surface area contributed by atoms with Crippen molar-refractivity contribution in [1.82, 2.24) is 10.6 Å². The molecule has 10 nitrogen and oxygen atoms in total. The molecule has 0 radical (unpaired) electrons. The molecule has 2 aromatic rings. The van der Waals surface area contributed by atoms with Gasteiger partial charge in [0.2, 0.25) is 0 Å². The number of methoxy groups -OCH3 is 1. The minimum atomic E-state index is -1.23. The quantitative estimate of drug-likeness (QED) is 0.270. The van der Waals surface area contributed by atoms with Gasteiger partial charge in [0.15, 0.2) is 0 Å². The lowest BCUT2D eigenvalue weighted by Gasteiger charge is -2.34. The number of rotatable bonds is 6. The standard InChI is InChI=1S/C26H29N3O7/c1-25(2,3)36-24(32)28-26(4,5)21(23(31)35-6)27-22(30)19-13-9-17(10-14-19)7-8-18-11-15-20(16-12-18)29(33)34/h9-16,21H,1-6H3,(H,27,30)(H,28,32). The van der Waals surface area contributed by atoms with E-state index >= 15 is 0 Å². The van der Waals surface area contributed by atoms with Gasteiger partial charge in [-0.05, 0) is 71.0 Å². The number of hydrogen-bond acceptors (Lipinski definition) is 7. The van der Waals surface area contributed by atoms with Crippen molar-refractivity contribution in [2.45, 2.75) is 51.8 Å². The highest BCUT2D eigenvalue weighted by Gasteiger charge is 2.39. The maximum Gasteiger partial charge on any atom is 0.408 e. The average molecular weight is 496 g/mol. The normalized spacial score (nSPS) is 11.8. The van der Waals surface area contributed by atoms with E-state index in [9.17, 15) is 24.5 Å². The number of nitro groups is 1. The molecule has 2 N–H and O–H groups in total. The fourth-order valence-corrected chi connectivity index (χ4v) is 3.02. The first kappa shape index (κ1) is 27.9. The molecule has 0 aliphatic carbocycles. The van der Waals surface area contributed by atoms with E-state index < -0.39 is 40.1 Å². The van der Waals surface area contributed by atoms with Crippen LogP contribution >= 0.6 is 0 Å². The molecule has 0 fully saturated rings. The third-order valence-corrected chi connectivity index (χ3v) is 4.83. The number of hydrogen-bond donors (Lipinski definition) is 2. The monoisotopic (exact) mass is 495 g/mol. The highest BCUT2D eigenvalue weighted by molar-refractivity contribution is 5.97. The number of carbonyl (C=O) groups is 3. The van der Waals surface area contributed by atoms with Crippen LogP contribution in [0.2, 0.25) is 0 Å². The molecule has 36 heavy (non-hydrogen) atoms. The maximum atomic E-state index is 12.9. The number of amides is 2. The Morgan fingerprint density at radius 2 is 1.42 bits per heavy atom. The predicted octanol–water partition coefficient (Wildman–Crippen LogP) is 3.57. The van der Waals surface area contributed by atoms with Crippen LogP contribution in [0.3, 0.4) is 0 Å². The largest absolute Gasteiger partial charge is 0.467 e. The maximum absolute atomic E-state index is 12.9. The molecule has 0 saturated heterocycles. The minimum absolute atomic E-state index is 0.0225. The van der Waals surface area contributed by atoms with Crippen LogP contribution in [0.1, 0.15) is 56.1 Å². The number of esters is 1. The van der Waals surface area contributed by atoms with Gasteiger partial charge in [-0.15, -0.1) is 0 Å². The van der Waals surface area contributed by atoms with E-state index in [-0.39, 0.29) is 11.3 Å². The number of non-ortho nitro benzene ring substituents is 1. The Morgan fingerprint density at radius 1 is 0.917 bits per heavy atom. The van der Waals surface area contributed by atoms with Gasteiger partial charge >= 0.3 is 12.1 Å². The lowest BCUT2D eigenvalue weighted by Crippen LogP contribution is -2.62. The van der Waals surface area contributed by atoms with Crippen LogP contribution < -0.4 is 10.6 Å². The van der Waals surface area contributed by atoms with Crippen LogP contribution in [0.5, 0.6) is 0 Å². The number of ether oxygens (including phenoxy) is 2. The molecule has 0 bridgehead atoms. The fourth-order valence-electron chi connectivity index (χ4n) is 3.02. The third-order valence-electron chi connectivity index (χ3n) is 4.83. The second-order valence-corrected chi connectivity index (χ2v) is 9.41. The first-order valence-corrected chi connectivity index (χ1v) is 11.0. The van der Waals surface area contributed by atoms with Crippen molar-refractivity contribution < 1.29 is 28.8 Å². The van der Waals surface area contributed by atoms with Crippen LogP contribution in [0.15, 0.2) is 48.5 Å². The molecule has 2 aromatic carbocycles. The summed E-state index contributed by atoms with van der Waals surface area (Å²) in [6.07, 6.45) is -0.744. The molecule has 2 rings (SSSR count). The molecule has 190 valence electrons. The Bertz CT molecular complexity index is 1190. The zero-order valence-corrected chi connectivity index (χ0v) is 21.0. The Morgan fingerprint density at radius 3 is 1.86 bits per heavy atom. The van der Waals surface area contributed by atoms with Crippen molar-refractivity contribution in [3.8, 4) is 11.8 Å². The van der Waals surface area contributed by atoms with Gasteiger partial charge in [-0.1, -0.05) is 11.8 Å². The summed E-state index contributed by atoms with van der Waals surface area (Å²) in [5.74, 6) is 4.52. The molecular formula is C26H29N3O7. The molecule has 10 heteroatoms. The van der Waals surface area contributed by atoms with Crippen molar-refractivity contribution in [2.24, 2.45) is 0 Å². The van der Waals surface area contributed by atoms with Gasteiger partial charge in [0.1, 0.15) is 11.6 Å². The zero-order chi connectivity index (χ0) is 27.1. The smallest absolute Gasteiger partial charge is 0.408 e. The Hall–Kier alpha value is -4.39. The van der Waals surface area contributed by atoms with Crippen LogP contribution in [0, 0.1) is 22.0 Å². The van der Waals surface area contributed by atoms with Gasteiger partial charge in [0, 0.05) is 28.8 Å².